The fourth-order valence-corrected chi connectivity index (χ4v) is 0. The third-order valence-corrected chi connectivity index (χ3v) is 0. The van der Waals surface area contributed by atoms with Gasteiger partial charge in [0.2, 0.25) is 0 Å². The fraction of sp³-hybridized carbons (Fsp3) is 1.00. The van der Waals surface area contributed by atoms with Crippen molar-refractivity contribution in [2.75, 3.05) is 6.61 Å². The molecule has 0 saturated heterocycles. The van der Waals surface area contributed by atoms with E-state index in [1.54, 1.807) is 6.92 Å². The van der Waals surface area contributed by atoms with Crippen LogP contribution in [0.3, 0.4) is 0 Å². The van der Waals surface area contributed by atoms with E-state index in [9.17, 15) is 0 Å². The Morgan fingerprint density at radius 1 is 0.778 bits per heavy atom. The van der Waals surface area contributed by atoms with Gasteiger partial charge < -0.3 is 68.6 Å². The van der Waals surface area contributed by atoms with Crippen LogP contribution in [0.25, 0.3) is 0 Å². The summed E-state index contributed by atoms with van der Waals surface area (Å²) in [5.41, 5.74) is 0. The first-order chi connectivity index (χ1) is 4.88. The molecule has 0 aromatic heterocycles. The molecule has 0 spiro atoms. The molecule has 0 fully saturated rings. The minimum Gasteiger partial charge on any atom is -0.412 e. The molecule has 15 nitrogen and oxygen atoms in total. The van der Waals surface area contributed by atoms with Gasteiger partial charge in [-0.3, -0.25) is 0 Å². The Labute approximate surface area is 110 Å². The van der Waals surface area contributed by atoms with Gasteiger partial charge in [-0.2, -0.15) is 0 Å². The molecule has 13 N–H and O–H groups in total. The van der Waals surface area contributed by atoms with Crippen LogP contribution in [0.1, 0.15) is 6.92 Å². The van der Waals surface area contributed by atoms with Crippen molar-refractivity contribution >= 4 is 0 Å². The van der Waals surface area contributed by atoms with Crippen LogP contribution in [0, 0.1) is 30.6 Å². The van der Waals surface area contributed by atoms with Crippen LogP contribution in [0.5, 0.6) is 0 Å². The molecule has 0 aliphatic rings. The van der Waals surface area contributed by atoms with Gasteiger partial charge in [0.05, 0.1) is 10.2 Å². The Morgan fingerprint density at radius 3 is 0.778 bits per heavy atom. The minimum absolute atomic E-state index is 0. The summed E-state index contributed by atoms with van der Waals surface area (Å²) in [6.45, 7) is 1.93. The summed E-state index contributed by atoms with van der Waals surface area (Å²) < 4.78 is 0. The fourth-order valence-electron chi connectivity index (χ4n) is 0. The maximum absolute atomic E-state index is 8.25. The topological polar surface area (TPSA) is 342 Å². The van der Waals surface area contributed by atoms with Crippen LogP contribution in [0.2, 0.25) is 0 Å². The van der Waals surface area contributed by atoms with Gasteiger partial charge in [0.15, 0.2) is 0 Å². The molecular weight excluding hydrogens is 319 g/mol. The van der Waals surface area contributed by atoms with E-state index in [2.05, 4.69) is 0 Å². The molecule has 0 unspecified atom stereocenters. The molecule has 0 aromatic rings. The smallest absolute Gasteiger partial charge is 0.412 e. The first kappa shape index (κ1) is 92.5. The van der Waals surface area contributed by atoms with Crippen molar-refractivity contribution in [1.82, 2.24) is 0 Å². The third-order valence-electron chi connectivity index (χ3n) is 0. The molecule has 0 heterocycles. The monoisotopic (exact) mass is 337 g/mol. The molecule has 0 amide bonds. The summed E-state index contributed by atoms with van der Waals surface area (Å²) in [6, 6.07) is 0. The predicted molar refractivity (Wildman–Crippen MR) is 55.2 cm³/mol. The third kappa shape index (κ3) is 1440. The SMILES string of the molecule is CCO.O.O.O.O.O.O.O=[N+]([O-])[O-].O=[N+]([O-])[O-].[Co+2]. The molecule has 18 heavy (non-hydrogen) atoms. The Kier molecular flexibility index (Phi) is 542. The molecule has 0 rings (SSSR count). The minimum atomic E-state index is -1.75. The van der Waals surface area contributed by atoms with E-state index in [1.165, 1.54) is 0 Å². The van der Waals surface area contributed by atoms with Gasteiger partial charge >= 0.3 is 16.8 Å². The first-order valence-corrected chi connectivity index (χ1v) is 2.12. The van der Waals surface area contributed by atoms with Crippen LogP contribution >= 0.6 is 0 Å². The summed E-state index contributed by atoms with van der Waals surface area (Å²) in [5, 5.41) is 37.1. The average Bonchev–Trinajstić information content (AvgIpc) is 1.60. The van der Waals surface area contributed by atoms with Gasteiger partial charge in [0.25, 0.3) is 0 Å². The van der Waals surface area contributed by atoms with Crippen molar-refractivity contribution in [3.8, 4) is 0 Å². The van der Waals surface area contributed by atoms with E-state index in [-0.39, 0.29) is 56.2 Å². The second-order valence-electron chi connectivity index (χ2n) is 0.763. The maximum Gasteiger partial charge on any atom is 2.00 e. The Morgan fingerprint density at radius 2 is 0.778 bits per heavy atom. The maximum atomic E-state index is 8.25. The van der Waals surface area contributed by atoms with E-state index in [0.717, 1.165) is 0 Å². The normalized spacial score (nSPS) is 3.67. The number of aliphatic hydroxyl groups is 1. The predicted octanol–water partition coefficient (Wildman–Crippen LogP) is -5.43. The summed E-state index contributed by atoms with van der Waals surface area (Å²) in [4.78, 5) is 16.5. The van der Waals surface area contributed by atoms with E-state index in [0.29, 0.717) is 0 Å². The van der Waals surface area contributed by atoms with Crippen molar-refractivity contribution in [3.05, 3.63) is 30.6 Å². The standard InChI is InChI=1S/C2H6O.Co.2NO3.6H2O/c1-2-3;;2*2-1(3)4;;;;;;/h3H,2H2,1H3;;;;6*1H2/q;+2;2*-1;;;;;;. The van der Waals surface area contributed by atoms with E-state index >= 15 is 0 Å². The summed E-state index contributed by atoms with van der Waals surface area (Å²) in [5.74, 6) is 0. The second kappa shape index (κ2) is 106. The van der Waals surface area contributed by atoms with Crippen molar-refractivity contribution < 1.29 is 64.9 Å². The number of rotatable bonds is 0. The van der Waals surface area contributed by atoms with Crippen molar-refractivity contribution in [3.63, 3.8) is 0 Å². The van der Waals surface area contributed by atoms with Gasteiger partial charge in [-0.15, -0.1) is 0 Å². The quantitative estimate of drug-likeness (QED) is 0.329. The van der Waals surface area contributed by atoms with Crippen LogP contribution in [0.15, 0.2) is 0 Å². The van der Waals surface area contributed by atoms with Gasteiger partial charge in [-0.1, -0.05) is 0 Å². The molecule has 1 radical (unpaired) electrons. The molecule has 0 bridgehead atoms. The summed E-state index contributed by atoms with van der Waals surface area (Å²) in [7, 11) is 0. The zero-order valence-corrected chi connectivity index (χ0v) is 9.87. The first-order valence-electron chi connectivity index (χ1n) is 2.12. The zero-order valence-electron chi connectivity index (χ0n) is 8.83. The number of hydrogen-bond acceptors (Lipinski definition) is 7. The molecule has 0 atom stereocenters. The van der Waals surface area contributed by atoms with Crippen LogP contribution in [-0.4, -0.2) is 54.7 Å². The number of nitrogens with zero attached hydrogens (tertiary/aromatic N) is 2. The van der Waals surface area contributed by atoms with E-state index in [1.807, 2.05) is 0 Å². The molecule has 0 aliphatic carbocycles. The van der Waals surface area contributed by atoms with Crippen molar-refractivity contribution in [1.29, 1.82) is 0 Å². The second-order valence-corrected chi connectivity index (χ2v) is 0.763. The average molecular weight is 337 g/mol. The van der Waals surface area contributed by atoms with Gasteiger partial charge in [-0.25, -0.2) is 0 Å². The van der Waals surface area contributed by atoms with Crippen LogP contribution in [0.4, 0.5) is 0 Å². The molecule has 16 heteroatoms. The van der Waals surface area contributed by atoms with Gasteiger partial charge in [-0.05, 0) is 6.92 Å². The largest absolute Gasteiger partial charge is 2.00 e. The molecule has 0 aliphatic heterocycles. The number of aliphatic hydroxyl groups excluding tert-OH is 1. The number of hydrogen-bond donors (Lipinski definition) is 1. The van der Waals surface area contributed by atoms with Gasteiger partial charge in [0.1, 0.15) is 0 Å². The van der Waals surface area contributed by atoms with Gasteiger partial charge in [0, 0.05) is 6.61 Å². The Bertz CT molecular complexity index is 91.2. The van der Waals surface area contributed by atoms with Crippen LogP contribution < -0.4 is 0 Å². The van der Waals surface area contributed by atoms with E-state index in [4.69, 9.17) is 35.7 Å². The molecule has 0 saturated carbocycles. The zero-order chi connectivity index (χ0) is 9.86. The summed E-state index contributed by atoms with van der Waals surface area (Å²) in [6.07, 6.45) is 0. The van der Waals surface area contributed by atoms with E-state index < -0.39 is 10.2 Å². The van der Waals surface area contributed by atoms with Crippen molar-refractivity contribution in [2.45, 2.75) is 6.92 Å². The Balaban J connectivity index is -0.00000000562. The molecular formula is C2H18CoN2O13. The Hall–Kier alpha value is -1.37. The molecule has 123 valence electrons. The molecule has 0 aromatic carbocycles. The van der Waals surface area contributed by atoms with Crippen molar-refractivity contribution in [2.24, 2.45) is 0 Å². The van der Waals surface area contributed by atoms with Crippen LogP contribution in [-0.2, 0) is 16.8 Å². The summed E-state index contributed by atoms with van der Waals surface area (Å²) >= 11 is 0.